The molecule has 1 fully saturated rings. The minimum absolute atomic E-state index is 0.632. The van der Waals surface area contributed by atoms with Gasteiger partial charge in [0.25, 0.3) is 0 Å². The third kappa shape index (κ3) is 2.22. The van der Waals surface area contributed by atoms with Crippen LogP contribution in [0.4, 0.5) is 5.69 Å². The highest BCUT2D eigenvalue weighted by Crippen LogP contribution is 2.35. The molecule has 1 aromatic heterocycles. The Morgan fingerprint density at radius 3 is 2.79 bits per heavy atom. The van der Waals surface area contributed by atoms with Gasteiger partial charge in [0.05, 0.1) is 11.2 Å². The Labute approximate surface area is 114 Å². The van der Waals surface area contributed by atoms with E-state index in [1.54, 1.807) is 0 Å². The first-order valence-electron chi connectivity index (χ1n) is 7.56. The van der Waals surface area contributed by atoms with Crippen LogP contribution in [0, 0.1) is 0 Å². The van der Waals surface area contributed by atoms with Gasteiger partial charge in [0.2, 0.25) is 0 Å². The zero-order valence-corrected chi connectivity index (χ0v) is 11.7. The maximum absolute atomic E-state index is 6.09. The van der Waals surface area contributed by atoms with Gasteiger partial charge in [-0.05, 0) is 31.4 Å². The second kappa shape index (κ2) is 5.24. The van der Waals surface area contributed by atoms with Crippen LogP contribution in [0.2, 0.25) is 0 Å². The van der Waals surface area contributed by atoms with Gasteiger partial charge in [0, 0.05) is 12.5 Å². The molecular formula is C16H23N3. The molecule has 0 atom stereocenters. The summed E-state index contributed by atoms with van der Waals surface area (Å²) in [5.41, 5.74) is 9.11. The van der Waals surface area contributed by atoms with Crippen molar-refractivity contribution in [2.45, 2.75) is 57.9 Å². The number of nitrogens with zero attached hydrogens (tertiary/aromatic N) is 2. The Morgan fingerprint density at radius 2 is 2.05 bits per heavy atom. The van der Waals surface area contributed by atoms with Crippen molar-refractivity contribution >= 4 is 16.7 Å². The van der Waals surface area contributed by atoms with Crippen molar-refractivity contribution in [1.82, 2.24) is 9.55 Å². The fourth-order valence-electron chi connectivity index (χ4n) is 3.32. The van der Waals surface area contributed by atoms with Crippen molar-refractivity contribution < 1.29 is 0 Å². The van der Waals surface area contributed by atoms with Gasteiger partial charge in [0.1, 0.15) is 11.3 Å². The molecule has 0 radical (unpaired) electrons. The van der Waals surface area contributed by atoms with Crippen molar-refractivity contribution in [3.05, 3.63) is 24.0 Å². The molecule has 0 spiro atoms. The van der Waals surface area contributed by atoms with Crippen LogP contribution in [0.15, 0.2) is 18.2 Å². The van der Waals surface area contributed by atoms with Crippen LogP contribution in [0.5, 0.6) is 0 Å². The van der Waals surface area contributed by atoms with Crippen molar-refractivity contribution in [2.75, 3.05) is 5.73 Å². The Balaban J connectivity index is 2.11. The summed E-state index contributed by atoms with van der Waals surface area (Å²) in [7, 11) is 0. The molecule has 0 bridgehead atoms. The molecule has 3 rings (SSSR count). The van der Waals surface area contributed by atoms with E-state index < -0.39 is 0 Å². The summed E-state index contributed by atoms with van der Waals surface area (Å²) in [5, 5.41) is 0. The van der Waals surface area contributed by atoms with Gasteiger partial charge in [-0.25, -0.2) is 4.98 Å². The van der Waals surface area contributed by atoms with E-state index in [2.05, 4.69) is 17.6 Å². The fraction of sp³-hybridized carbons (Fsp3) is 0.562. The Morgan fingerprint density at radius 1 is 1.26 bits per heavy atom. The minimum Gasteiger partial charge on any atom is -0.397 e. The van der Waals surface area contributed by atoms with E-state index in [-0.39, 0.29) is 0 Å². The van der Waals surface area contributed by atoms with Gasteiger partial charge >= 0.3 is 0 Å². The zero-order valence-electron chi connectivity index (χ0n) is 11.7. The number of rotatable bonds is 3. The third-order valence-corrected chi connectivity index (χ3v) is 4.26. The highest BCUT2D eigenvalue weighted by atomic mass is 15.1. The molecule has 1 heterocycles. The number of aryl methyl sites for hydroxylation is 1. The lowest BCUT2D eigenvalue weighted by Gasteiger charge is -2.22. The lowest BCUT2D eigenvalue weighted by molar-refractivity contribution is 0.416. The summed E-state index contributed by atoms with van der Waals surface area (Å²) >= 11 is 0. The molecule has 3 heteroatoms. The molecular weight excluding hydrogens is 234 g/mol. The Hall–Kier alpha value is -1.51. The third-order valence-electron chi connectivity index (χ3n) is 4.26. The fourth-order valence-corrected chi connectivity index (χ4v) is 3.32. The number of anilines is 1. The summed E-state index contributed by atoms with van der Waals surface area (Å²) in [4.78, 5) is 4.89. The van der Waals surface area contributed by atoms with Crippen LogP contribution < -0.4 is 5.73 Å². The molecule has 1 aliphatic carbocycles. The van der Waals surface area contributed by atoms with E-state index in [0.29, 0.717) is 5.92 Å². The minimum atomic E-state index is 0.632. The van der Waals surface area contributed by atoms with Crippen molar-refractivity contribution in [3.63, 3.8) is 0 Å². The maximum atomic E-state index is 6.09. The average Bonchev–Trinajstić information content (AvgIpc) is 2.81. The molecule has 2 aromatic rings. The van der Waals surface area contributed by atoms with Crippen molar-refractivity contribution in [2.24, 2.45) is 0 Å². The van der Waals surface area contributed by atoms with Crippen LogP contribution in [0.3, 0.4) is 0 Å². The topological polar surface area (TPSA) is 43.8 Å². The molecule has 2 N–H and O–H groups in total. The maximum Gasteiger partial charge on any atom is 0.113 e. The molecule has 0 unspecified atom stereocenters. The Kier molecular flexibility index (Phi) is 3.45. The Bertz CT molecular complexity index is 565. The SMILES string of the molecule is CCCn1c(C2CCCCC2)nc2c(N)cccc21. The highest BCUT2D eigenvalue weighted by Gasteiger charge is 2.22. The number of para-hydroxylation sites is 1. The average molecular weight is 257 g/mol. The standard InChI is InChI=1S/C16H23N3/c1-2-11-19-14-10-6-9-13(17)15(14)18-16(19)12-7-4-3-5-8-12/h6,9-10,12H,2-5,7-8,11,17H2,1H3. The number of hydrogen-bond donors (Lipinski definition) is 1. The molecule has 1 aliphatic rings. The first-order chi connectivity index (χ1) is 9.31. The first-order valence-corrected chi connectivity index (χ1v) is 7.56. The van der Waals surface area contributed by atoms with E-state index in [9.17, 15) is 0 Å². The molecule has 19 heavy (non-hydrogen) atoms. The molecule has 0 amide bonds. The zero-order chi connectivity index (χ0) is 13.2. The van der Waals surface area contributed by atoms with Gasteiger partial charge < -0.3 is 10.3 Å². The summed E-state index contributed by atoms with van der Waals surface area (Å²) in [5.74, 6) is 1.90. The number of nitrogen functional groups attached to an aromatic ring is 1. The van der Waals surface area contributed by atoms with E-state index in [4.69, 9.17) is 10.7 Å². The number of imidazole rings is 1. The molecule has 0 saturated heterocycles. The molecule has 1 aromatic carbocycles. The number of benzene rings is 1. The molecule has 1 saturated carbocycles. The lowest BCUT2D eigenvalue weighted by atomic mass is 9.88. The molecule has 0 aliphatic heterocycles. The van der Waals surface area contributed by atoms with Gasteiger partial charge in [-0.2, -0.15) is 0 Å². The van der Waals surface area contributed by atoms with E-state index in [1.165, 1.54) is 43.4 Å². The van der Waals surface area contributed by atoms with Crippen LogP contribution in [-0.2, 0) is 6.54 Å². The van der Waals surface area contributed by atoms with Gasteiger partial charge in [-0.3, -0.25) is 0 Å². The van der Waals surface area contributed by atoms with E-state index in [0.717, 1.165) is 24.2 Å². The quantitative estimate of drug-likeness (QED) is 0.842. The van der Waals surface area contributed by atoms with E-state index in [1.807, 2.05) is 12.1 Å². The summed E-state index contributed by atoms with van der Waals surface area (Å²) in [6, 6.07) is 6.15. The van der Waals surface area contributed by atoms with Crippen LogP contribution in [-0.4, -0.2) is 9.55 Å². The molecule has 102 valence electrons. The number of aromatic nitrogens is 2. The first kappa shape index (κ1) is 12.5. The van der Waals surface area contributed by atoms with Gasteiger partial charge in [-0.15, -0.1) is 0 Å². The number of fused-ring (bicyclic) bond motifs is 1. The predicted molar refractivity (Wildman–Crippen MR) is 80.3 cm³/mol. The van der Waals surface area contributed by atoms with Crippen LogP contribution in [0.1, 0.15) is 57.2 Å². The highest BCUT2D eigenvalue weighted by molar-refractivity contribution is 5.87. The van der Waals surface area contributed by atoms with Gasteiger partial charge in [-0.1, -0.05) is 32.3 Å². The largest absolute Gasteiger partial charge is 0.397 e. The summed E-state index contributed by atoms with van der Waals surface area (Å²) < 4.78 is 2.40. The molecule has 3 nitrogen and oxygen atoms in total. The normalized spacial score (nSPS) is 17.1. The predicted octanol–water partition coefficient (Wildman–Crippen LogP) is 4.08. The van der Waals surface area contributed by atoms with Crippen molar-refractivity contribution in [1.29, 1.82) is 0 Å². The summed E-state index contributed by atoms with van der Waals surface area (Å²) in [6.45, 7) is 3.27. The van der Waals surface area contributed by atoms with Gasteiger partial charge in [0.15, 0.2) is 0 Å². The van der Waals surface area contributed by atoms with Crippen molar-refractivity contribution in [3.8, 4) is 0 Å². The second-order valence-electron chi connectivity index (χ2n) is 5.67. The summed E-state index contributed by atoms with van der Waals surface area (Å²) in [6.07, 6.45) is 7.78. The number of hydrogen-bond acceptors (Lipinski definition) is 2. The number of nitrogens with two attached hydrogens (primary N) is 1. The second-order valence-corrected chi connectivity index (χ2v) is 5.67. The van der Waals surface area contributed by atoms with Crippen LogP contribution in [0.25, 0.3) is 11.0 Å². The monoisotopic (exact) mass is 257 g/mol. The lowest BCUT2D eigenvalue weighted by Crippen LogP contribution is -2.12. The smallest absolute Gasteiger partial charge is 0.113 e. The van der Waals surface area contributed by atoms with Crippen LogP contribution >= 0.6 is 0 Å². The van der Waals surface area contributed by atoms with E-state index >= 15 is 0 Å².